The number of carbonyl (C=O) groups excluding carboxylic acids is 1. The number of carbonyl (C=O) groups is 1. The Morgan fingerprint density at radius 1 is 1.44 bits per heavy atom. The first-order chi connectivity index (χ1) is 8.66. The van der Waals surface area contributed by atoms with Gasteiger partial charge in [0.2, 0.25) is 5.91 Å². The van der Waals surface area contributed by atoms with Gasteiger partial charge in [0, 0.05) is 11.6 Å². The van der Waals surface area contributed by atoms with E-state index in [1.54, 1.807) is 12.1 Å². The van der Waals surface area contributed by atoms with E-state index in [2.05, 4.69) is 25.9 Å². The third-order valence-electron chi connectivity index (χ3n) is 2.14. The minimum absolute atomic E-state index is 0.0265. The maximum absolute atomic E-state index is 11.6. The van der Waals surface area contributed by atoms with Crippen molar-refractivity contribution >= 4 is 17.5 Å². The number of nitro benzene ring substituents is 1. The zero-order valence-electron chi connectivity index (χ0n) is 9.03. The van der Waals surface area contributed by atoms with Crippen LogP contribution in [-0.4, -0.2) is 31.5 Å². The van der Waals surface area contributed by atoms with Gasteiger partial charge in [0.15, 0.2) is 0 Å². The van der Waals surface area contributed by atoms with Crippen molar-refractivity contribution in [3.63, 3.8) is 0 Å². The molecular weight excluding hydrogens is 240 g/mol. The summed E-state index contributed by atoms with van der Waals surface area (Å²) in [6.45, 7) is 0. The first-order valence-corrected chi connectivity index (χ1v) is 4.92. The van der Waals surface area contributed by atoms with Crippen molar-refractivity contribution in [1.82, 2.24) is 20.6 Å². The van der Waals surface area contributed by atoms with Crippen LogP contribution in [0.2, 0.25) is 0 Å². The van der Waals surface area contributed by atoms with Gasteiger partial charge < -0.3 is 0 Å². The number of nitrogens with zero attached hydrogens (tertiary/aromatic N) is 4. The average Bonchev–Trinajstić information content (AvgIpc) is 2.82. The zero-order chi connectivity index (χ0) is 13.0. The van der Waals surface area contributed by atoms with Gasteiger partial charge in [0.1, 0.15) is 0 Å². The lowest BCUT2D eigenvalue weighted by atomic mass is 10.1. The molecule has 18 heavy (non-hydrogen) atoms. The Balaban J connectivity index is 2.09. The Kier molecular flexibility index (Phi) is 3.23. The molecule has 0 spiro atoms. The molecule has 2 aromatic rings. The van der Waals surface area contributed by atoms with E-state index in [0.29, 0.717) is 5.56 Å². The highest BCUT2D eigenvalue weighted by molar-refractivity contribution is 5.91. The Morgan fingerprint density at radius 2 is 2.22 bits per heavy atom. The Bertz CT molecular complexity index is 567. The molecule has 1 aromatic heterocycles. The van der Waals surface area contributed by atoms with Crippen molar-refractivity contribution in [3.05, 3.63) is 39.9 Å². The van der Waals surface area contributed by atoms with Gasteiger partial charge in [-0.25, -0.2) is 0 Å². The van der Waals surface area contributed by atoms with Gasteiger partial charge in [-0.15, -0.1) is 5.10 Å². The predicted octanol–water partition coefficient (Wildman–Crippen LogP) is 0.289. The number of aromatic nitrogens is 4. The van der Waals surface area contributed by atoms with E-state index in [0.717, 1.165) is 0 Å². The van der Waals surface area contributed by atoms with Crippen LogP contribution in [0, 0.1) is 10.1 Å². The Morgan fingerprint density at radius 3 is 2.89 bits per heavy atom. The van der Waals surface area contributed by atoms with E-state index in [-0.39, 0.29) is 18.1 Å². The molecule has 2 N–H and O–H groups in total. The van der Waals surface area contributed by atoms with Gasteiger partial charge in [0.25, 0.3) is 11.6 Å². The maximum atomic E-state index is 11.6. The number of rotatable bonds is 4. The number of anilines is 1. The number of hydrogen-bond acceptors (Lipinski definition) is 6. The fraction of sp³-hybridized carbons (Fsp3) is 0.111. The number of tetrazole rings is 1. The summed E-state index contributed by atoms with van der Waals surface area (Å²) in [6.07, 6.45) is -0.133. The Labute approximate surface area is 100 Å². The molecule has 0 aliphatic carbocycles. The number of H-pyrrole nitrogens is 1. The van der Waals surface area contributed by atoms with E-state index in [1.807, 2.05) is 0 Å². The van der Waals surface area contributed by atoms with Crippen LogP contribution >= 0.6 is 0 Å². The lowest BCUT2D eigenvalue weighted by Gasteiger charge is -2.02. The summed E-state index contributed by atoms with van der Waals surface area (Å²) in [5.74, 6) is -0.427. The van der Waals surface area contributed by atoms with E-state index in [4.69, 9.17) is 0 Å². The van der Waals surface area contributed by atoms with Crippen LogP contribution in [0.25, 0.3) is 0 Å². The van der Waals surface area contributed by atoms with Crippen LogP contribution in [0.4, 0.5) is 11.6 Å². The SMILES string of the molecule is O=C(Cc1ccccc1[N+](=O)[O-])Nc1nn[nH]n1. The zero-order valence-corrected chi connectivity index (χ0v) is 9.03. The highest BCUT2D eigenvalue weighted by Crippen LogP contribution is 2.18. The van der Waals surface area contributed by atoms with Crippen molar-refractivity contribution in [2.24, 2.45) is 0 Å². The first kappa shape index (κ1) is 11.6. The fourth-order valence-electron chi connectivity index (χ4n) is 1.40. The molecule has 0 saturated heterocycles. The topological polar surface area (TPSA) is 127 Å². The maximum Gasteiger partial charge on any atom is 0.273 e. The molecule has 0 atom stereocenters. The molecule has 0 bridgehead atoms. The van der Waals surface area contributed by atoms with E-state index in [9.17, 15) is 14.9 Å². The standard InChI is InChI=1S/C9H8N6O3/c16-8(10-9-11-13-14-12-9)5-6-3-1-2-4-7(6)15(17)18/h1-4H,5H2,(H2,10,11,12,13,14,16). The van der Waals surface area contributed by atoms with Gasteiger partial charge in [-0.05, 0) is 5.21 Å². The first-order valence-electron chi connectivity index (χ1n) is 4.92. The molecule has 2 rings (SSSR count). The molecule has 92 valence electrons. The molecule has 0 aliphatic rings. The second-order valence-electron chi connectivity index (χ2n) is 3.35. The second-order valence-corrected chi connectivity index (χ2v) is 3.35. The summed E-state index contributed by atoms with van der Waals surface area (Å²) in [4.78, 5) is 21.8. The van der Waals surface area contributed by atoms with Crippen LogP contribution in [0.15, 0.2) is 24.3 Å². The van der Waals surface area contributed by atoms with Gasteiger partial charge >= 0.3 is 0 Å². The van der Waals surface area contributed by atoms with Gasteiger partial charge in [-0.3, -0.25) is 20.2 Å². The number of nitro groups is 1. The van der Waals surface area contributed by atoms with Crippen LogP contribution in [0.5, 0.6) is 0 Å². The summed E-state index contributed by atoms with van der Waals surface area (Å²) in [5.41, 5.74) is 0.226. The number of amides is 1. The molecule has 1 heterocycles. The number of para-hydroxylation sites is 1. The summed E-state index contributed by atoms with van der Waals surface area (Å²) in [7, 11) is 0. The summed E-state index contributed by atoms with van der Waals surface area (Å²) in [5, 5.41) is 25.6. The quantitative estimate of drug-likeness (QED) is 0.591. The average molecular weight is 248 g/mol. The fourth-order valence-corrected chi connectivity index (χ4v) is 1.40. The van der Waals surface area contributed by atoms with Crippen molar-refractivity contribution < 1.29 is 9.72 Å². The minimum Gasteiger partial charge on any atom is -0.292 e. The summed E-state index contributed by atoms with van der Waals surface area (Å²) in [6, 6.07) is 6.04. The second kappa shape index (κ2) is 4.99. The van der Waals surface area contributed by atoms with E-state index in [1.165, 1.54) is 12.1 Å². The normalized spacial score (nSPS) is 10.0. The molecule has 0 unspecified atom stereocenters. The molecule has 1 amide bonds. The highest BCUT2D eigenvalue weighted by atomic mass is 16.6. The van der Waals surface area contributed by atoms with Crippen molar-refractivity contribution in [2.75, 3.05) is 5.32 Å². The van der Waals surface area contributed by atoms with E-state index < -0.39 is 10.8 Å². The molecule has 1 aromatic carbocycles. The molecule has 0 radical (unpaired) electrons. The van der Waals surface area contributed by atoms with E-state index >= 15 is 0 Å². The van der Waals surface area contributed by atoms with Gasteiger partial charge in [-0.2, -0.15) is 5.21 Å². The van der Waals surface area contributed by atoms with Crippen LogP contribution < -0.4 is 5.32 Å². The third kappa shape index (κ3) is 2.64. The van der Waals surface area contributed by atoms with Crippen molar-refractivity contribution in [2.45, 2.75) is 6.42 Å². The van der Waals surface area contributed by atoms with Crippen LogP contribution in [0.1, 0.15) is 5.56 Å². The molecule has 0 fully saturated rings. The lowest BCUT2D eigenvalue weighted by Crippen LogP contribution is -2.16. The number of nitrogens with one attached hydrogen (secondary N) is 2. The summed E-state index contributed by atoms with van der Waals surface area (Å²) >= 11 is 0. The van der Waals surface area contributed by atoms with Crippen molar-refractivity contribution in [3.8, 4) is 0 Å². The smallest absolute Gasteiger partial charge is 0.273 e. The highest BCUT2D eigenvalue weighted by Gasteiger charge is 2.16. The number of hydrogen-bond donors (Lipinski definition) is 2. The van der Waals surface area contributed by atoms with Crippen LogP contribution in [-0.2, 0) is 11.2 Å². The molecule has 0 saturated carbocycles. The minimum atomic E-state index is -0.531. The lowest BCUT2D eigenvalue weighted by molar-refractivity contribution is -0.385. The molecule has 9 nitrogen and oxygen atoms in total. The monoisotopic (exact) mass is 248 g/mol. The molecular formula is C9H8N6O3. The van der Waals surface area contributed by atoms with Crippen molar-refractivity contribution in [1.29, 1.82) is 0 Å². The largest absolute Gasteiger partial charge is 0.292 e. The Hall–Kier alpha value is -2.84. The number of aromatic amines is 1. The molecule has 0 aliphatic heterocycles. The predicted molar refractivity (Wildman–Crippen MR) is 59.6 cm³/mol. The van der Waals surface area contributed by atoms with Gasteiger partial charge in [0.05, 0.1) is 11.3 Å². The number of benzene rings is 1. The summed E-state index contributed by atoms with van der Waals surface area (Å²) < 4.78 is 0. The molecule has 9 heteroatoms. The third-order valence-corrected chi connectivity index (χ3v) is 2.14. The van der Waals surface area contributed by atoms with Gasteiger partial charge in [-0.1, -0.05) is 23.3 Å². The van der Waals surface area contributed by atoms with Crippen LogP contribution in [0.3, 0.4) is 0 Å².